The monoisotopic (exact) mass is 381 g/mol. The van der Waals surface area contributed by atoms with Gasteiger partial charge in [0.2, 0.25) is 5.91 Å². The molecule has 1 aliphatic carbocycles. The highest BCUT2D eigenvalue weighted by Gasteiger charge is 2.35. The number of aromatic nitrogens is 2. The molecule has 4 rings (SSSR count). The number of fused-ring (bicyclic) bond motifs is 1. The Morgan fingerprint density at radius 2 is 1.86 bits per heavy atom. The van der Waals surface area contributed by atoms with Crippen molar-refractivity contribution in [3.63, 3.8) is 0 Å². The van der Waals surface area contributed by atoms with Crippen molar-refractivity contribution in [2.24, 2.45) is 5.73 Å². The molecule has 0 bridgehead atoms. The highest BCUT2D eigenvalue weighted by atomic mass is 19.1. The summed E-state index contributed by atoms with van der Waals surface area (Å²) < 4.78 is 15.5. The lowest BCUT2D eigenvalue weighted by Crippen LogP contribution is -3.11. The lowest BCUT2D eigenvalue weighted by molar-refractivity contribution is -0.939. The zero-order chi connectivity index (χ0) is 19.7. The first-order valence-corrected chi connectivity index (χ1v) is 9.37. The largest absolute Gasteiger partial charge is 0.368 e. The zero-order valence-electron chi connectivity index (χ0n) is 15.4. The lowest BCUT2D eigenvalue weighted by Gasteiger charge is -2.21. The second-order valence-electron chi connectivity index (χ2n) is 7.28. The first kappa shape index (κ1) is 18.3. The van der Waals surface area contributed by atoms with Crippen molar-refractivity contribution >= 4 is 16.8 Å². The van der Waals surface area contributed by atoms with Crippen LogP contribution in [-0.2, 0) is 24.4 Å². The number of halogens is 1. The molecular formula is C21H22FN4O2+. The number of para-hydroxylation sites is 1. The summed E-state index contributed by atoms with van der Waals surface area (Å²) in [6.45, 7) is 0.701. The molecule has 6 nitrogen and oxygen atoms in total. The van der Waals surface area contributed by atoms with Crippen LogP contribution in [0.5, 0.6) is 0 Å². The predicted molar refractivity (Wildman–Crippen MR) is 103 cm³/mol. The Labute approximate surface area is 161 Å². The molecule has 1 fully saturated rings. The molecule has 2 aromatic carbocycles. The molecule has 0 aliphatic heterocycles. The van der Waals surface area contributed by atoms with Crippen LogP contribution >= 0.6 is 0 Å². The number of amides is 1. The van der Waals surface area contributed by atoms with E-state index in [0.717, 1.165) is 17.7 Å². The van der Waals surface area contributed by atoms with E-state index in [4.69, 9.17) is 5.73 Å². The van der Waals surface area contributed by atoms with Gasteiger partial charge in [0.05, 0.1) is 16.9 Å². The fraction of sp³-hybridized carbons (Fsp3) is 0.286. The van der Waals surface area contributed by atoms with E-state index < -0.39 is 5.91 Å². The average Bonchev–Trinajstić information content (AvgIpc) is 3.51. The van der Waals surface area contributed by atoms with Crippen LogP contribution in [0, 0.1) is 5.82 Å². The maximum absolute atomic E-state index is 14.2. The highest BCUT2D eigenvalue weighted by molar-refractivity contribution is 5.78. The smallest absolute Gasteiger partial charge is 0.262 e. The number of carbonyl (C=O) groups excluding carboxylic acids is 1. The molecule has 1 aromatic heterocycles. The third kappa shape index (κ3) is 3.80. The minimum absolute atomic E-state index is 0.219. The lowest BCUT2D eigenvalue weighted by atomic mass is 10.2. The van der Waals surface area contributed by atoms with Crippen molar-refractivity contribution in [2.45, 2.75) is 38.5 Å². The zero-order valence-corrected chi connectivity index (χ0v) is 15.4. The molecule has 1 aliphatic rings. The highest BCUT2D eigenvalue weighted by Crippen LogP contribution is 2.17. The Morgan fingerprint density at radius 1 is 1.14 bits per heavy atom. The summed E-state index contributed by atoms with van der Waals surface area (Å²) in [6.07, 6.45) is 2.11. The Bertz CT molecular complexity index is 1090. The maximum Gasteiger partial charge on any atom is 0.262 e. The number of hydrogen-bond donors (Lipinski definition) is 2. The van der Waals surface area contributed by atoms with E-state index in [1.165, 1.54) is 10.6 Å². The maximum atomic E-state index is 14.2. The van der Waals surface area contributed by atoms with Crippen molar-refractivity contribution < 1.29 is 14.1 Å². The van der Waals surface area contributed by atoms with Gasteiger partial charge in [0.1, 0.15) is 25.5 Å². The number of benzene rings is 2. The van der Waals surface area contributed by atoms with Crippen molar-refractivity contribution in [1.29, 1.82) is 0 Å². The number of rotatable bonds is 7. The molecule has 7 heteroatoms. The van der Waals surface area contributed by atoms with Crippen molar-refractivity contribution in [2.75, 3.05) is 0 Å². The minimum atomic E-state index is -0.595. The predicted octanol–water partition coefficient (Wildman–Crippen LogP) is 0.768. The second kappa shape index (κ2) is 7.52. The number of hydrogen-bond acceptors (Lipinski definition) is 3. The van der Waals surface area contributed by atoms with Crippen molar-refractivity contribution in [3.05, 3.63) is 76.1 Å². The van der Waals surface area contributed by atoms with Gasteiger partial charge in [-0.1, -0.05) is 30.3 Å². The normalized spacial score (nSPS) is 14.9. The number of nitrogens with two attached hydrogens (primary N) is 1. The quantitative estimate of drug-likeness (QED) is 0.634. The van der Waals surface area contributed by atoms with Gasteiger partial charge in [-0.3, -0.25) is 14.2 Å². The van der Waals surface area contributed by atoms with Gasteiger partial charge in [-0.05, 0) is 18.2 Å². The molecular weight excluding hydrogens is 359 g/mol. The van der Waals surface area contributed by atoms with E-state index in [1.54, 1.807) is 30.3 Å². The van der Waals surface area contributed by atoms with Crippen LogP contribution < -0.4 is 16.2 Å². The van der Waals surface area contributed by atoms with Crippen molar-refractivity contribution in [1.82, 2.24) is 9.55 Å². The Kier molecular flexibility index (Phi) is 4.92. The summed E-state index contributed by atoms with van der Waals surface area (Å²) in [6, 6.07) is 14.2. The van der Waals surface area contributed by atoms with Gasteiger partial charge in [-0.25, -0.2) is 9.37 Å². The molecule has 0 spiro atoms. The van der Waals surface area contributed by atoms with Crippen LogP contribution in [0.4, 0.5) is 4.39 Å². The van der Waals surface area contributed by atoms with Crippen molar-refractivity contribution in [3.8, 4) is 0 Å². The summed E-state index contributed by atoms with van der Waals surface area (Å²) in [5.74, 6) is -0.329. The first-order valence-electron chi connectivity index (χ1n) is 9.37. The standard InChI is InChI=1S/C21H21FN4O2/c22-17-7-3-1-5-14(17)11-25(15-9-10-15)13-20-24-18-8-4-2-6-16(18)21(28)26(20)12-19(23)27/h1-8,15H,9-13H2,(H2,23,27)/p+1. The van der Waals surface area contributed by atoms with Gasteiger partial charge in [0.25, 0.3) is 5.56 Å². The molecule has 1 atom stereocenters. The van der Waals surface area contributed by atoms with E-state index in [-0.39, 0.29) is 17.9 Å². The molecule has 1 saturated carbocycles. The molecule has 28 heavy (non-hydrogen) atoms. The third-order valence-corrected chi connectivity index (χ3v) is 5.17. The number of primary amides is 1. The molecule has 0 radical (unpaired) electrons. The fourth-order valence-corrected chi connectivity index (χ4v) is 3.60. The average molecular weight is 381 g/mol. The summed E-state index contributed by atoms with van der Waals surface area (Å²) >= 11 is 0. The van der Waals surface area contributed by atoms with E-state index in [2.05, 4.69) is 4.98 Å². The van der Waals surface area contributed by atoms with Crippen LogP contribution in [0.15, 0.2) is 53.3 Å². The molecule has 1 unspecified atom stereocenters. The molecule has 0 saturated heterocycles. The van der Waals surface area contributed by atoms with E-state index >= 15 is 0 Å². The summed E-state index contributed by atoms with van der Waals surface area (Å²) in [5.41, 5.74) is 6.31. The summed E-state index contributed by atoms with van der Waals surface area (Å²) in [7, 11) is 0. The minimum Gasteiger partial charge on any atom is -0.368 e. The van der Waals surface area contributed by atoms with Crippen LogP contribution in [0.3, 0.4) is 0 Å². The Morgan fingerprint density at radius 3 is 2.57 bits per heavy atom. The van der Waals surface area contributed by atoms with Crippen LogP contribution in [0.1, 0.15) is 24.2 Å². The number of nitrogens with one attached hydrogen (secondary N) is 1. The molecule has 3 aromatic rings. The van der Waals surface area contributed by atoms with Gasteiger partial charge in [0.15, 0.2) is 5.82 Å². The van der Waals surface area contributed by atoms with Gasteiger partial charge in [0, 0.05) is 18.4 Å². The first-order chi connectivity index (χ1) is 13.5. The molecule has 1 heterocycles. The topological polar surface area (TPSA) is 82.4 Å². The fourth-order valence-electron chi connectivity index (χ4n) is 3.60. The van der Waals surface area contributed by atoms with E-state index in [9.17, 15) is 14.0 Å². The van der Waals surface area contributed by atoms with Gasteiger partial charge in [-0.15, -0.1) is 0 Å². The van der Waals surface area contributed by atoms with Gasteiger partial charge >= 0.3 is 0 Å². The van der Waals surface area contributed by atoms with Crippen LogP contribution in [0.2, 0.25) is 0 Å². The second-order valence-corrected chi connectivity index (χ2v) is 7.28. The van der Waals surface area contributed by atoms with Gasteiger partial charge < -0.3 is 10.6 Å². The van der Waals surface area contributed by atoms with Crippen LogP contribution in [-0.4, -0.2) is 21.5 Å². The third-order valence-electron chi connectivity index (χ3n) is 5.17. The Hall–Kier alpha value is -3.06. The number of carbonyl (C=O) groups is 1. The van der Waals surface area contributed by atoms with E-state index in [1.807, 2.05) is 12.1 Å². The molecule has 3 N–H and O–H groups in total. The van der Waals surface area contributed by atoms with Gasteiger partial charge in [-0.2, -0.15) is 0 Å². The SMILES string of the molecule is NC(=O)Cn1c(C[NH+](Cc2ccccc2F)C2CC2)nc2ccccc2c1=O. The Balaban J connectivity index is 1.73. The van der Waals surface area contributed by atoms with Crippen LogP contribution in [0.25, 0.3) is 10.9 Å². The molecule has 144 valence electrons. The number of quaternary nitrogens is 1. The van der Waals surface area contributed by atoms with E-state index in [0.29, 0.717) is 41.4 Å². The number of nitrogens with zero attached hydrogens (tertiary/aromatic N) is 2. The molecule has 1 amide bonds. The summed E-state index contributed by atoms with van der Waals surface area (Å²) in [5, 5.41) is 0.453. The summed E-state index contributed by atoms with van der Waals surface area (Å²) in [4.78, 5) is 30.2.